The number of benzene rings is 3. The first-order valence-electron chi connectivity index (χ1n) is 28.2. The smallest absolute Gasteiger partial charge is 0.272 e. The van der Waals surface area contributed by atoms with Crippen LogP contribution in [0.2, 0.25) is 0 Å². The van der Waals surface area contributed by atoms with E-state index in [1.165, 1.54) is 12.4 Å². The molecule has 5 aromatic rings. The number of nitrogens with one attached hydrogen (secondary N) is 3. The standard InChI is InChI=1S/C59H73FN12O6/c60-51-16-15-42(33-52-48-13-4-5-14-49(48)57(76)66-65-52)32-50(51)58(77)71-30-28-69(29-31-71)54(74)39-68-26-24-67(25-27-68)37-41-18-22-70(23-19-41)59(78)55(43-8-2-1-3-9-43)64-56(75)45-11-6-10-44(34-45)46-12-7-21-72(38-46)53(73)36-62-35-47-17-20-61-40-63-47/h4-6,10-11,13-17,20,32,34,40-41,43,46,55,62H,1-3,7-9,12,18-19,21-31,33,35-39H2,(H,64,75)(H,66,76)/t46-,55+/m0/s1. The van der Waals surface area contributed by atoms with Crippen molar-refractivity contribution < 1.29 is 28.4 Å². The number of aromatic nitrogens is 4. The van der Waals surface area contributed by atoms with Crippen LogP contribution in [0.4, 0.5) is 4.39 Å². The number of carbonyl (C=O) groups excluding carboxylic acids is 5. The Labute approximate surface area is 455 Å². The maximum Gasteiger partial charge on any atom is 0.272 e. The topological polar surface area (TPSA) is 200 Å². The summed E-state index contributed by atoms with van der Waals surface area (Å²) in [6.07, 6.45) is 12.2. The summed E-state index contributed by atoms with van der Waals surface area (Å²) in [6.45, 7) is 9.18. The lowest BCUT2D eigenvalue weighted by Gasteiger charge is -2.41. The molecule has 3 aromatic carbocycles. The molecule has 4 aliphatic heterocycles. The van der Waals surface area contributed by atoms with Crippen molar-refractivity contribution in [2.24, 2.45) is 11.8 Å². The normalized spacial score (nSPS) is 19.7. The van der Waals surface area contributed by atoms with Crippen LogP contribution < -0.4 is 16.2 Å². The van der Waals surface area contributed by atoms with Crippen molar-refractivity contribution in [1.29, 1.82) is 0 Å². The number of fused-ring (bicyclic) bond motifs is 1. The Balaban J connectivity index is 0.651. The third-order valence-corrected chi connectivity index (χ3v) is 16.9. The predicted molar refractivity (Wildman–Crippen MR) is 293 cm³/mol. The Bertz CT molecular complexity index is 2970. The second-order valence-electron chi connectivity index (χ2n) is 22.0. The zero-order valence-electron chi connectivity index (χ0n) is 44.6. The maximum absolute atomic E-state index is 15.1. The SMILES string of the molecule is O=C(N[C@@H](C(=O)N1CCC(CN2CCN(CC(=O)N3CCN(C(=O)c4cc(Cc5n[nH]c(=O)c6ccccc56)ccc4F)CC3)CC2)CC1)C1CCCCC1)c1cccc([C@H]2CCCN(C(=O)CNCc3ccncn3)C2)c1. The van der Waals surface area contributed by atoms with Gasteiger partial charge in [-0.3, -0.25) is 33.7 Å². The largest absolute Gasteiger partial charge is 0.341 e. The molecule has 10 rings (SSSR count). The van der Waals surface area contributed by atoms with E-state index >= 15 is 4.39 Å². The van der Waals surface area contributed by atoms with Crippen molar-refractivity contribution in [2.45, 2.75) is 82.7 Å². The van der Waals surface area contributed by atoms with Gasteiger partial charge in [0.15, 0.2) is 0 Å². The van der Waals surface area contributed by atoms with Gasteiger partial charge in [-0.15, -0.1) is 0 Å². The van der Waals surface area contributed by atoms with Crippen molar-refractivity contribution in [3.05, 3.63) is 135 Å². The molecule has 5 fully saturated rings. The molecule has 6 heterocycles. The van der Waals surface area contributed by atoms with Crippen molar-refractivity contribution in [2.75, 3.05) is 98.2 Å². The van der Waals surface area contributed by atoms with Crippen LogP contribution in [0, 0.1) is 17.7 Å². The van der Waals surface area contributed by atoms with Gasteiger partial charge in [-0.25, -0.2) is 19.5 Å². The molecule has 0 unspecified atom stereocenters. The number of carbonyl (C=O) groups is 5. The van der Waals surface area contributed by atoms with Crippen LogP contribution in [0.15, 0.2) is 90.1 Å². The molecule has 19 heteroatoms. The molecule has 1 aliphatic carbocycles. The summed E-state index contributed by atoms with van der Waals surface area (Å²) in [5.74, 6) is -0.509. The molecule has 2 atom stereocenters. The second kappa shape index (κ2) is 25.7. The van der Waals surface area contributed by atoms with Crippen LogP contribution in [0.5, 0.6) is 0 Å². The van der Waals surface area contributed by atoms with Gasteiger partial charge >= 0.3 is 0 Å². The Morgan fingerprint density at radius 3 is 2.23 bits per heavy atom. The van der Waals surface area contributed by atoms with Crippen molar-refractivity contribution in [3.63, 3.8) is 0 Å². The molecule has 4 saturated heterocycles. The number of hydrogen-bond acceptors (Lipinski definition) is 12. The van der Waals surface area contributed by atoms with Crippen LogP contribution >= 0.6 is 0 Å². The highest BCUT2D eigenvalue weighted by atomic mass is 19.1. The Morgan fingerprint density at radius 2 is 1.46 bits per heavy atom. The highest BCUT2D eigenvalue weighted by Gasteiger charge is 2.37. The molecule has 412 valence electrons. The lowest BCUT2D eigenvalue weighted by molar-refractivity contribution is -0.137. The minimum atomic E-state index is -0.609. The summed E-state index contributed by atoms with van der Waals surface area (Å²) in [6, 6.07) is 20.6. The number of likely N-dealkylation sites (tertiary alicyclic amines) is 2. The van der Waals surface area contributed by atoms with Gasteiger partial charge in [-0.2, -0.15) is 5.10 Å². The molecule has 18 nitrogen and oxygen atoms in total. The number of amides is 5. The van der Waals surface area contributed by atoms with Crippen LogP contribution in [-0.4, -0.2) is 183 Å². The maximum atomic E-state index is 15.1. The molecule has 5 amide bonds. The molecule has 1 saturated carbocycles. The van der Waals surface area contributed by atoms with E-state index in [9.17, 15) is 28.8 Å². The fraction of sp³-hybridized carbons (Fsp3) is 0.508. The highest BCUT2D eigenvalue weighted by molar-refractivity contribution is 5.98. The first kappa shape index (κ1) is 54.4. The molecular formula is C59H73FN12O6. The van der Waals surface area contributed by atoms with E-state index in [2.05, 4.69) is 40.6 Å². The van der Waals surface area contributed by atoms with E-state index in [1.807, 2.05) is 52.3 Å². The van der Waals surface area contributed by atoms with Crippen LogP contribution in [0.25, 0.3) is 10.8 Å². The van der Waals surface area contributed by atoms with Gasteiger partial charge in [0, 0.05) is 121 Å². The number of hydrogen-bond donors (Lipinski definition) is 3. The summed E-state index contributed by atoms with van der Waals surface area (Å²) in [7, 11) is 0. The number of nitrogens with zero attached hydrogens (tertiary/aromatic N) is 9. The van der Waals surface area contributed by atoms with Crippen LogP contribution in [-0.2, 0) is 27.3 Å². The minimum absolute atomic E-state index is 0.0252. The van der Waals surface area contributed by atoms with Crippen molar-refractivity contribution in [1.82, 2.24) is 60.2 Å². The summed E-state index contributed by atoms with van der Waals surface area (Å²) in [4.78, 5) is 101. The van der Waals surface area contributed by atoms with E-state index in [0.29, 0.717) is 105 Å². The van der Waals surface area contributed by atoms with Crippen LogP contribution in [0.3, 0.4) is 0 Å². The van der Waals surface area contributed by atoms with E-state index in [-0.39, 0.29) is 53.1 Å². The molecule has 3 N–H and O–H groups in total. The lowest BCUT2D eigenvalue weighted by Crippen LogP contribution is -2.55. The number of H-pyrrole nitrogens is 1. The van der Waals surface area contributed by atoms with Gasteiger partial charge in [0.25, 0.3) is 17.4 Å². The number of piperidine rings is 2. The van der Waals surface area contributed by atoms with E-state index < -0.39 is 17.8 Å². The van der Waals surface area contributed by atoms with Gasteiger partial charge < -0.3 is 35.1 Å². The summed E-state index contributed by atoms with van der Waals surface area (Å²) in [5.41, 5.74) is 3.40. The highest BCUT2D eigenvalue weighted by Crippen LogP contribution is 2.31. The summed E-state index contributed by atoms with van der Waals surface area (Å²) >= 11 is 0. The second-order valence-corrected chi connectivity index (χ2v) is 22.0. The molecule has 78 heavy (non-hydrogen) atoms. The van der Waals surface area contributed by atoms with Crippen molar-refractivity contribution >= 4 is 40.3 Å². The number of aromatic amines is 1. The number of rotatable bonds is 16. The zero-order valence-corrected chi connectivity index (χ0v) is 44.6. The first-order valence-corrected chi connectivity index (χ1v) is 28.2. The lowest BCUT2D eigenvalue weighted by atomic mass is 9.82. The average Bonchev–Trinajstić information content (AvgIpc) is 3.50. The first-order chi connectivity index (χ1) is 38.0. The molecule has 0 spiro atoms. The average molecular weight is 1070 g/mol. The number of piperazine rings is 2. The van der Waals surface area contributed by atoms with Gasteiger partial charge in [-0.1, -0.05) is 55.7 Å². The summed E-state index contributed by atoms with van der Waals surface area (Å²) < 4.78 is 15.1. The monoisotopic (exact) mass is 1060 g/mol. The molecular weight excluding hydrogens is 992 g/mol. The fourth-order valence-electron chi connectivity index (χ4n) is 12.3. The van der Waals surface area contributed by atoms with E-state index in [1.54, 1.807) is 40.3 Å². The zero-order chi connectivity index (χ0) is 54.0. The van der Waals surface area contributed by atoms with Gasteiger partial charge in [0.05, 0.1) is 35.4 Å². The van der Waals surface area contributed by atoms with Gasteiger partial charge in [0.2, 0.25) is 17.7 Å². The minimum Gasteiger partial charge on any atom is -0.341 e. The van der Waals surface area contributed by atoms with Crippen LogP contribution in [0.1, 0.15) is 107 Å². The molecule has 0 bridgehead atoms. The third kappa shape index (κ3) is 13.5. The quantitative estimate of drug-likeness (QED) is 0.126. The molecule has 5 aliphatic rings. The van der Waals surface area contributed by atoms with Gasteiger partial charge in [-0.05, 0) is 97.9 Å². The number of halogens is 1. The van der Waals surface area contributed by atoms with Gasteiger partial charge in [0.1, 0.15) is 18.2 Å². The van der Waals surface area contributed by atoms with Crippen molar-refractivity contribution in [3.8, 4) is 0 Å². The van der Waals surface area contributed by atoms with E-state index in [4.69, 9.17) is 0 Å². The molecule has 2 aromatic heterocycles. The van der Waals surface area contributed by atoms with E-state index in [0.717, 1.165) is 102 Å². The Hall–Kier alpha value is -6.96. The Kier molecular flexibility index (Phi) is 17.9. The predicted octanol–water partition coefficient (Wildman–Crippen LogP) is 4.46. The Morgan fingerprint density at radius 1 is 0.705 bits per heavy atom. The summed E-state index contributed by atoms with van der Waals surface area (Å²) in [5, 5.41) is 14.4. The fourth-order valence-corrected chi connectivity index (χ4v) is 12.3. The molecule has 0 radical (unpaired) electrons. The third-order valence-electron chi connectivity index (χ3n) is 16.9.